The SMILES string of the molecule is C[C@]1(O)CC2CC[C@@H](C1)[C@H]2S(=O)(=O)c1cc(C(=O)Nc2cc(F)c(F)c(F)c2)ccc1Cl. The van der Waals surface area contributed by atoms with Gasteiger partial charge in [-0.1, -0.05) is 11.6 Å². The molecule has 2 aromatic rings. The zero-order chi connectivity index (χ0) is 23.4. The van der Waals surface area contributed by atoms with Gasteiger partial charge < -0.3 is 10.4 Å². The van der Waals surface area contributed by atoms with Crippen molar-refractivity contribution in [3.8, 4) is 0 Å². The summed E-state index contributed by atoms with van der Waals surface area (Å²) in [7, 11) is -3.92. The zero-order valence-corrected chi connectivity index (χ0v) is 18.6. The minimum atomic E-state index is -3.92. The number of benzene rings is 2. The molecular formula is C22H21ClF3NO4S. The Balaban J connectivity index is 1.64. The van der Waals surface area contributed by atoms with E-state index in [-0.39, 0.29) is 33.0 Å². The van der Waals surface area contributed by atoms with Gasteiger partial charge in [0.05, 0.1) is 20.8 Å². The molecule has 0 aromatic heterocycles. The van der Waals surface area contributed by atoms with Crippen LogP contribution in [0.5, 0.6) is 0 Å². The lowest BCUT2D eigenvalue weighted by atomic mass is 9.78. The minimum Gasteiger partial charge on any atom is -0.390 e. The van der Waals surface area contributed by atoms with Gasteiger partial charge in [-0.2, -0.15) is 0 Å². The molecule has 4 atom stereocenters. The van der Waals surface area contributed by atoms with Gasteiger partial charge in [0, 0.05) is 23.4 Å². The van der Waals surface area contributed by atoms with Gasteiger partial charge in [-0.3, -0.25) is 4.79 Å². The number of carbonyl (C=O) groups excluding carboxylic acids is 1. The molecule has 2 bridgehead atoms. The van der Waals surface area contributed by atoms with Crippen molar-refractivity contribution < 1.29 is 31.5 Å². The van der Waals surface area contributed by atoms with Crippen LogP contribution >= 0.6 is 11.6 Å². The van der Waals surface area contributed by atoms with Crippen LogP contribution in [0.1, 0.15) is 43.0 Å². The number of halogens is 4. The molecule has 0 aliphatic heterocycles. The van der Waals surface area contributed by atoms with Crippen molar-refractivity contribution in [2.24, 2.45) is 11.8 Å². The molecule has 0 saturated heterocycles. The minimum absolute atomic E-state index is 0.0443. The van der Waals surface area contributed by atoms with Crippen molar-refractivity contribution in [3.05, 3.63) is 58.4 Å². The maximum absolute atomic E-state index is 13.5. The van der Waals surface area contributed by atoms with Crippen LogP contribution in [0.4, 0.5) is 18.9 Å². The van der Waals surface area contributed by atoms with Crippen molar-refractivity contribution in [3.63, 3.8) is 0 Å². The van der Waals surface area contributed by atoms with Gasteiger partial charge in [-0.05, 0) is 62.6 Å². The maximum atomic E-state index is 13.5. The molecule has 2 aliphatic carbocycles. The second-order valence-corrected chi connectivity index (χ2v) is 11.3. The predicted octanol–water partition coefficient (Wildman–Crippen LogP) is 4.72. The molecule has 2 fully saturated rings. The Morgan fingerprint density at radius 3 is 2.22 bits per heavy atom. The Kier molecular flexibility index (Phi) is 5.80. The maximum Gasteiger partial charge on any atom is 0.255 e. The Morgan fingerprint density at radius 2 is 1.66 bits per heavy atom. The standard InChI is InChI=1S/C22H21ClF3NO4S/c1-22(29)9-12-2-3-13(10-22)20(12)32(30,31)18-6-11(4-5-15(18)23)21(28)27-14-7-16(24)19(26)17(25)8-14/h4-8,12-13,20,29H,2-3,9-10H2,1H3,(H,27,28)/t12-,13?,20+,22+/m0/s1. The molecule has 1 unspecified atom stereocenters. The van der Waals surface area contributed by atoms with E-state index in [4.69, 9.17) is 11.6 Å². The smallest absolute Gasteiger partial charge is 0.255 e. The fourth-order valence-electron chi connectivity index (χ4n) is 5.14. The number of hydrogen-bond acceptors (Lipinski definition) is 4. The van der Waals surface area contributed by atoms with Crippen molar-refractivity contribution >= 4 is 33.0 Å². The van der Waals surface area contributed by atoms with Crippen LogP contribution in [0.25, 0.3) is 0 Å². The lowest BCUT2D eigenvalue weighted by Gasteiger charge is -2.38. The summed E-state index contributed by atoms with van der Waals surface area (Å²) < 4.78 is 67.0. The lowest BCUT2D eigenvalue weighted by Crippen LogP contribution is -2.44. The predicted molar refractivity (Wildman–Crippen MR) is 113 cm³/mol. The molecule has 0 radical (unpaired) electrons. The first kappa shape index (κ1) is 23.1. The van der Waals surface area contributed by atoms with E-state index in [0.717, 1.165) is 6.07 Å². The van der Waals surface area contributed by atoms with E-state index in [1.165, 1.54) is 12.1 Å². The summed E-state index contributed by atoms with van der Waals surface area (Å²) in [5.41, 5.74) is -1.32. The molecular weight excluding hydrogens is 467 g/mol. The summed E-state index contributed by atoms with van der Waals surface area (Å²) in [6.07, 6.45) is 2.11. The number of sulfone groups is 1. The van der Waals surface area contributed by atoms with Gasteiger partial charge in [0.2, 0.25) is 0 Å². The van der Waals surface area contributed by atoms with Gasteiger partial charge in [0.25, 0.3) is 5.91 Å². The van der Waals surface area contributed by atoms with Crippen LogP contribution < -0.4 is 5.32 Å². The van der Waals surface area contributed by atoms with Gasteiger partial charge >= 0.3 is 0 Å². The Morgan fingerprint density at radius 1 is 1.09 bits per heavy atom. The van der Waals surface area contributed by atoms with E-state index < -0.39 is 44.0 Å². The summed E-state index contributed by atoms with van der Waals surface area (Å²) in [5, 5.41) is 11.9. The van der Waals surface area contributed by atoms with Gasteiger partial charge in [-0.15, -0.1) is 0 Å². The molecule has 0 spiro atoms. The number of nitrogens with one attached hydrogen (secondary N) is 1. The molecule has 2 aliphatic rings. The molecule has 10 heteroatoms. The summed E-state index contributed by atoms with van der Waals surface area (Å²) in [5.74, 6) is -5.87. The number of carbonyl (C=O) groups is 1. The molecule has 2 N–H and O–H groups in total. The summed E-state index contributed by atoms with van der Waals surface area (Å²) >= 11 is 6.19. The molecule has 4 rings (SSSR count). The normalized spacial score (nSPS) is 27.4. The van der Waals surface area contributed by atoms with E-state index in [2.05, 4.69) is 5.32 Å². The zero-order valence-electron chi connectivity index (χ0n) is 17.0. The van der Waals surface area contributed by atoms with E-state index in [1.807, 2.05) is 0 Å². The van der Waals surface area contributed by atoms with Crippen LogP contribution in [0, 0.1) is 29.3 Å². The average molecular weight is 488 g/mol. The number of anilines is 1. The first-order chi connectivity index (χ1) is 14.9. The van der Waals surface area contributed by atoms with E-state index in [0.29, 0.717) is 37.8 Å². The highest BCUT2D eigenvalue weighted by atomic mass is 35.5. The number of fused-ring (bicyclic) bond motifs is 2. The largest absolute Gasteiger partial charge is 0.390 e. The molecule has 2 saturated carbocycles. The third-order valence-electron chi connectivity index (χ3n) is 6.34. The molecule has 0 heterocycles. The summed E-state index contributed by atoms with van der Waals surface area (Å²) in [6.45, 7) is 1.71. The quantitative estimate of drug-likeness (QED) is 0.611. The molecule has 32 heavy (non-hydrogen) atoms. The lowest BCUT2D eigenvalue weighted by molar-refractivity contribution is -0.00176. The number of hydrogen-bond donors (Lipinski definition) is 2. The first-order valence-corrected chi connectivity index (χ1v) is 12.0. The number of rotatable bonds is 4. The number of amides is 1. The van der Waals surface area contributed by atoms with Crippen molar-refractivity contribution in [1.29, 1.82) is 0 Å². The van der Waals surface area contributed by atoms with E-state index >= 15 is 0 Å². The highest BCUT2D eigenvalue weighted by molar-refractivity contribution is 7.92. The van der Waals surface area contributed by atoms with Crippen LogP contribution in [0.15, 0.2) is 35.2 Å². The molecule has 5 nitrogen and oxygen atoms in total. The third kappa shape index (κ3) is 4.13. The Hall–Kier alpha value is -2.10. The summed E-state index contributed by atoms with van der Waals surface area (Å²) in [4.78, 5) is 12.4. The van der Waals surface area contributed by atoms with Crippen molar-refractivity contribution in [2.75, 3.05) is 5.32 Å². The van der Waals surface area contributed by atoms with E-state index in [1.54, 1.807) is 6.92 Å². The third-order valence-corrected chi connectivity index (χ3v) is 9.22. The average Bonchev–Trinajstić information content (AvgIpc) is 2.99. The van der Waals surface area contributed by atoms with Gasteiger partial charge in [0.1, 0.15) is 0 Å². The topological polar surface area (TPSA) is 83.5 Å². The molecule has 2 aromatic carbocycles. The monoisotopic (exact) mass is 487 g/mol. The second kappa shape index (κ2) is 8.04. The van der Waals surface area contributed by atoms with Crippen molar-refractivity contribution in [2.45, 2.75) is 48.4 Å². The first-order valence-electron chi connectivity index (χ1n) is 10.1. The van der Waals surface area contributed by atoms with Gasteiger partial charge in [-0.25, -0.2) is 21.6 Å². The van der Waals surface area contributed by atoms with Crippen LogP contribution in [-0.2, 0) is 9.84 Å². The summed E-state index contributed by atoms with van der Waals surface area (Å²) in [6, 6.07) is 4.93. The van der Waals surface area contributed by atoms with Crippen LogP contribution in [0.2, 0.25) is 5.02 Å². The molecule has 1 amide bonds. The highest BCUT2D eigenvalue weighted by Crippen LogP contribution is 2.51. The highest BCUT2D eigenvalue weighted by Gasteiger charge is 2.52. The van der Waals surface area contributed by atoms with Crippen LogP contribution in [-0.4, -0.2) is 30.3 Å². The Bertz CT molecular complexity index is 1160. The van der Waals surface area contributed by atoms with E-state index in [9.17, 15) is 31.5 Å². The fourth-order valence-corrected chi connectivity index (χ4v) is 7.98. The second-order valence-electron chi connectivity index (χ2n) is 8.87. The fraction of sp³-hybridized carbons (Fsp3) is 0.409. The number of aliphatic hydroxyl groups is 1. The van der Waals surface area contributed by atoms with Crippen molar-refractivity contribution in [1.82, 2.24) is 0 Å². The van der Waals surface area contributed by atoms with Gasteiger partial charge in [0.15, 0.2) is 27.3 Å². The Labute approximate surface area is 188 Å². The molecule has 172 valence electrons. The van der Waals surface area contributed by atoms with Crippen LogP contribution in [0.3, 0.4) is 0 Å².